The summed E-state index contributed by atoms with van der Waals surface area (Å²) in [6.45, 7) is 1.66. The number of carboxylic acids is 1. The molecular weight excluding hydrogens is 443 g/mol. The van der Waals surface area contributed by atoms with E-state index in [2.05, 4.69) is 5.10 Å². The molecule has 0 bridgehead atoms. The maximum atomic E-state index is 12.9. The molecule has 1 amide bonds. The molecule has 2 N–H and O–H groups in total. The molecule has 0 aliphatic carbocycles. The molecule has 0 fully saturated rings. The number of hydrogen-bond acceptors (Lipinski definition) is 5. The second kappa shape index (κ2) is 7.94. The van der Waals surface area contributed by atoms with Crippen molar-refractivity contribution in [2.45, 2.75) is 6.92 Å². The van der Waals surface area contributed by atoms with Gasteiger partial charge in [-0.2, -0.15) is 10.1 Å². The zero-order valence-electron chi connectivity index (χ0n) is 16.0. The molecule has 0 radical (unpaired) electrons. The Morgan fingerprint density at radius 1 is 1.10 bits per heavy atom. The monoisotopic (exact) mass is 456 g/mol. The number of aromatic carboxylic acids is 1. The number of amides is 1. The van der Waals surface area contributed by atoms with E-state index in [1.807, 2.05) is 0 Å². The second-order valence-corrected chi connectivity index (χ2v) is 7.51. The molecule has 2 aromatic carbocycles. The minimum absolute atomic E-state index is 0.221. The van der Waals surface area contributed by atoms with Crippen LogP contribution in [0.15, 0.2) is 63.6 Å². The van der Waals surface area contributed by atoms with Gasteiger partial charge in [-0.25, -0.2) is 4.79 Å². The standard InChI is InChI=1S/C22H14Cl2N2O5/c1-11-15(10-14-4-7-20(31-14)12-2-5-17(23)18(24)8-12)21(28)26(25-11)13-3-6-19(27)16(9-13)22(29)30/h2-10,27H,1H3,(H,29,30)/b15-10-. The Hall–Kier alpha value is -3.55. The third kappa shape index (κ3) is 3.93. The lowest BCUT2D eigenvalue weighted by Gasteiger charge is -2.12. The number of carbonyl (C=O) groups excluding carboxylic acids is 1. The molecule has 156 valence electrons. The van der Waals surface area contributed by atoms with Gasteiger partial charge in [0, 0.05) is 5.56 Å². The van der Waals surface area contributed by atoms with Crippen LogP contribution in [0.25, 0.3) is 17.4 Å². The highest BCUT2D eigenvalue weighted by Crippen LogP contribution is 2.32. The molecule has 0 unspecified atom stereocenters. The van der Waals surface area contributed by atoms with E-state index in [1.165, 1.54) is 18.2 Å². The predicted octanol–water partition coefficient (Wildman–Crippen LogP) is 5.46. The number of hydrazone groups is 1. The predicted molar refractivity (Wildman–Crippen MR) is 118 cm³/mol. The number of aromatic hydroxyl groups is 1. The fourth-order valence-corrected chi connectivity index (χ4v) is 3.36. The number of benzene rings is 2. The molecule has 3 aromatic rings. The third-order valence-corrected chi connectivity index (χ3v) is 5.37. The van der Waals surface area contributed by atoms with Crippen LogP contribution in [0.4, 0.5) is 5.69 Å². The van der Waals surface area contributed by atoms with Crippen molar-refractivity contribution in [3.05, 3.63) is 75.5 Å². The number of phenols is 1. The van der Waals surface area contributed by atoms with Crippen LogP contribution in [-0.4, -0.2) is 27.8 Å². The summed E-state index contributed by atoms with van der Waals surface area (Å²) < 4.78 is 5.82. The minimum Gasteiger partial charge on any atom is -0.507 e. The van der Waals surface area contributed by atoms with Gasteiger partial charge >= 0.3 is 5.97 Å². The number of hydrogen-bond donors (Lipinski definition) is 2. The van der Waals surface area contributed by atoms with Gasteiger partial charge in [0.1, 0.15) is 22.8 Å². The van der Waals surface area contributed by atoms with E-state index in [0.29, 0.717) is 32.9 Å². The van der Waals surface area contributed by atoms with Gasteiger partial charge in [-0.1, -0.05) is 23.2 Å². The van der Waals surface area contributed by atoms with Crippen molar-refractivity contribution >= 4 is 52.6 Å². The molecule has 0 spiro atoms. The number of anilines is 1. The quantitative estimate of drug-likeness (QED) is 0.507. The normalized spacial score (nSPS) is 14.9. The number of carboxylic acid groups (broad SMARTS) is 1. The van der Waals surface area contributed by atoms with Crippen LogP contribution in [0, 0.1) is 0 Å². The molecule has 0 saturated heterocycles. The first-order valence-electron chi connectivity index (χ1n) is 8.98. The summed E-state index contributed by atoms with van der Waals surface area (Å²) in [5.41, 5.74) is 1.35. The first-order chi connectivity index (χ1) is 14.7. The van der Waals surface area contributed by atoms with Gasteiger partial charge in [0.25, 0.3) is 5.91 Å². The van der Waals surface area contributed by atoms with E-state index in [9.17, 15) is 19.8 Å². The molecule has 2 heterocycles. The van der Waals surface area contributed by atoms with E-state index in [0.717, 1.165) is 10.6 Å². The van der Waals surface area contributed by atoms with E-state index in [1.54, 1.807) is 43.3 Å². The highest BCUT2D eigenvalue weighted by molar-refractivity contribution is 6.42. The van der Waals surface area contributed by atoms with Gasteiger partial charge in [-0.3, -0.25) is 4.79 Å². The molecule has 9 heteroatoms. The molecule has 1 aromatic heterocycles. The molecule has 1 aliphatic heterocycles. The first kappa shape index (κ1) is 20.7. The number of halogens is 2. The summed E-state index contributed by atoms with van der Waals surface area (Å²) in [6.07, 6.45) is 1.56. The number of nitrogens with zero attached hydrogens (tertiary/aromatic N) is 2. The average Bonchev–Trinajstić information content (AvgIpc) is 3.30. The largest absolute Gasteiger partial charge is 0.507 e. The Morgan fingerprint density at radius 3 is 2.58 bits per heavy atom. The van der Waals surface area contributed by atoms with Crippen LogP contribution in [-0.2, 0) is 4.79 Å². The summed E-state index contributed by atoms with van der Waals surface area (Å²) in [5, 5.41) is 25.0. The van der Waals surface area contributed by atoms with Gasteiger partial charge in [0.15, 0.2) is 0 Å². The lowest BCUT2D eigenvalue weighted by molar-refractivity contribution is -0.114. The number of carbonyl (C=O) groups is 2. The van der Waals surface area contributed by atoms with Crippen LogP contribution in [0.1, 0.15) is 23.0 Å². The first-order valence-corrected chi connectivity index (χ1v) is 9.73. The maximum absolute atomic E-state index is 12.9. The molecule has 7 nitrogen and oxygen atoms in total. The van der Waals surface area contributed by atoms with Crippen molar-refractivity contribution in [2.75, 3.05) is 5.01 Å². The van der Waals surface area contributed by atoms with Crippen molar-refractivity contribution in [3.63, 3.8) is 0 Å². The highest BCUT2D eigenvalue weighted by Gasteiger charge is 2.30. The molecule has 4 rings (SSSR count). The van der Waals surface area contributed by atoms with E-state index in [-0.39, 0.29) is 11.3 Å². The van der Waals surface area contributed by atoms with Crippen LogP contribution >= 0.6 is 23.2 Å². The summed E-state index contributed by atoms with van der Waals surface area (Å²) >= 11 is 12.0. The Kier molecular flexibility index (Phi) is 5.31. The summed E-state index contributed by atoms with van der Waals surface area (Å²) in [5.74, 6) is -1.19. The third-order valence-electron chi connectivity index (χ3n) is 4.64. The Balaban J connectivity index is 1.63. The van der Waals surface area contributed by atoms with E-state index < -0.39 is 17.6 Å². The molecular formula is C22H14Cl2N2O5. The molecule has 0 atom stereocenters. The van der Waals surface area contributed by atoms with E-state index in [4.69, 9.17) is 27.6 Å². The van der Waals surface area contributed by atoms with Crippen LogP contribution in [0.5, 0.6) is 5.75 Å². The highest BCUT2D eigenvalue weighted by atomic mass is 35.5. The lowest BCUT2D eigenvalue weighted by atomic mass is 10.1. The minimum atomic E-state index is -1.31. The molecule has 1 aliphatic rings. The SMILES string of the molecule is CC1=NN(c2ccc(O)c(C(=O)O)c2)C(=O)/C1=C\c1ccc(-c2ccc(Cl)c(Cl)c2)o1. The smallest absolute Gasteiger partial charge is 0.339 e. The Labute approximate surface area is 186 Å². The Bertz CT molecular complexity index is 1290. The second-order valence-electron chi connectivity index (χ2n) is 6.70. The van der Waals surface area contributed by atoms with Crippen molar-refractivity contribution in [1.82, 2.24) is 0 Å². The zero-order chi connectivity index (χ0) is 22.3. The maximum Gasteiger partial charge on any atom is 0.339 e. The number of rotatable bonds is 4. The summed E-state index contributed by atoms with van der Waals surface area (Å²) in [6, 6.07) is 12.4. The van der Waals surface area contributed by atoms with Gasteiger partial charge in [0.05, 0.1) is 27.0 Å². The van der Waals surface area contributed by atoms with Gasteiger partial charge in [-0.15, -0.1) is 0 Å². The fourth-order valence-electron chi connectivity index (χ4n) is 3.06. The number of furan rings is 1. The van der Waals surface area contributed by atoms with Gasteiger partial charge in [0.2, 0.25) is 0 Å². The zero-order valence-corrected chi connectivity index (χ0v) is 17.5. The average molecular weight is 457 g/mol. The molecule has 0 saturated carbocycles. The summed E-state index contributed by atoms with van der Waals surface area (Å²) in [7, 11) is 0. The van der Waals surface area contributed by atoms with Gasteiger partial charge < -0.3 is 14.6 Å². The van der Waals surface area contributed by atoms with Crippen molar-refractivity contribution in [2.24, 2.45) is 5.10 Å². The molecule has 31 heavy (non-hydrogen) atoms. The van der Waals surface area contributed by atoms with Crippen LogP contribution in [0.3, 0.4) is 0 Å². The summed E-state index contributed by atoms with van der Waals surface area (Å²) in [4.78, 5) is 24.2. The van der Waals surface area contributed by atoms with E-state index >= 15 is 0 Å². The van der Waals surface area contributed by atoms with Crippen LogP contribution in [0.2, 0.25) is 10.0 Å². The van der Waals surface area contributed by atoms with Crippen molar-refractivity contribution < 1.29 is 24.2 Å². The van der Waals surface area contributed by atoms with Crippen molar-refractivity contribution in [1.29, 1.82) is 0 Å². The fraction of sp³-hybridized carbons (Fsp3) is 0.0455. The topological polar surface area (TPSA) is 103 Å². The lowest BCUT2D eigenvalue weighted by Crippen LogP contribution is -2.21. The Morgan fingerprint density at radius 2 is 1.87 bits per heavy atom. The van der Waals surface area contributed by atoms with Gasteiger partial charge in [-0.05, 0) is 61.5 Å². The van der Waals surface area contributed by atoms with Crippen LogP contribution < -0.4 is 5.01 Å². The van der Waals surface area contributed by atoms with Crippen molar-refractivity contribution in [3.8, 4) is 17.1 Å².